The van der Waals surface area contributed by atoms with Gasteiger partial charge in [-0.05, 0) is 12.5 Å². The van der Waals surface area contributed by atoms with Crippen molar-refractivity contribution in [1.82, 2.24) is 4.90 Å². The number of carboxylic acid groups (broad SMARTS) is 1. The molecule has 1 amide bonds. The molecule has 3 N–H and O–H groups in total. The molecule has 104 valence electrons. The Labute approximate surface area is 113 Å². The molecule has 0 aliphatic heterocycles. The van der Waals surface area contributed by atoms with Gasteiger partial charge in [0, 0.05) is 13.1 Å². The number of aliphatic carboxylic acids is 1. The van der Waals surface area contributed by atoms with Crippen LogP contribution in [0.1, 0.15) is 18.1 Å². The third-order valence-corrected chi connectivity index (χ3v) is 2.86. The maximum Gasteiger partial charge on any atom is 0.307 e. The number of nitrogens with zero attached hydrogens (tertiary/aromatic N) is 1. The van der Waals surface area contributed by atoms with Crippen LogP contribution in [0, 0.1) is 12.8 Å². The van der Waals surface area contributed by atoms with Gasteiger partial charge < -0.3 is 10.8 Å². The molecule has 5 nitrogen and oxygen atoms in total. The van der Waals surface area contributed by atoms with Gasteiger partial charge in [-0.1, -0.05) is 36.8 Å². The zero-order valence-electron chi connectivity index (χ0n) is 11.3. The summed E-state index contributed by atoms with van der Waals surface area (Å²) in [5, 5.41) is 8.92. The fourth-order valence-electron chi connectivity index (χ4n) is 1.82. The summed E-state index contributed by atoms with van der Waals surface area (Å²) >= 11 is 0. The van der Waals surface area contributed by atoms with Gasteiger partial charge in [-0.2, -0.15) is 0 Å². The van der Waals surface area contributed by atoms with Crippen molar-refractivity contribution in [2.45, 2.75) is 20.4 Å². The minimum atomic E-state index is -0.877. The van der Waals surface area contributed by atoms with Gasteiger partial charge in [-0.3, -0.25) is 14.5 Å². The first kappa shape index (κ1) is 15.2. The minimum absolute atomic E-state index is 0.0610. The van der Waals surface area contributed by atoms with Crippen LogP contribution >= 0.6 is 0 Å². The highest BCUT2D eigenvalue weighted by Crippen LogP contribution is 2.09. The molecule has 0 heterocycles. The fraction of sp³-hybridized carbons (Fsp3) is 0.429. The Balaban J connectivity index is 2.71. The monoisotopic (exact) mass is 264 g/mol. The van der Waals surface area contributed by atoms with Crippen molar-refractivity contribution in [3.05, 3.63) is 35.4 Å². The molecule has 1 aromatic carbocycles. The molecular weight excluding hydrogens is 244 g/mol. The second kappa shape index (κ2) is 6.89. The molecule has 1 atom stereocenters. The number of carboxylic acids is 1. The van der Waals surface area contributed by atoms with Crippen LogP contribution in [0.5, 0.6) is 0 Å². The highest BCUT2D eigenvalue weighted by Gasteiger charge is 2.17. The van der Waals surface area contributed by atoms with Gasteiger partial charge in [-0.15, -0.1) is 0 Å². The van der Waals surface area contributed by atoms with Crippen LogP contribution < -0.4 is 5.73 Å². The van der Waals surface area contributed by atoms with Crippen LogP contribution in [-0.2, 0) is 16.1 Å². The number of nitrogens with two attached hydrogens (primary N) is 1. The summed E-state index contributed by atoms with van der Waals surface area (Å²) in [6, 6.07) is 7.90. The maximum atomic E-state index is 11.0. The molecule has 0 bridgehead atoms. The highest BCUT2D eigenvalue weighted by atomic mass is 16.4. The van der Waals surface area contributed by atoms with Crippen molar-refractivity contribution < 1.29 is 14.7 Å². The van der Waals surface area contributed by atoms with E-state index < -0.39 is 17.8 Å². The lowest BCUT2D eigenvalue weighted by Gasteiger charge is -2.22. The Bertz CT molecular complexity index is 443. The molecule has 1 aromatic rings. The Morgan fingerprint density at radius 1 is 1.32 bits per heavy atom. The zero-order valence-corrected chi connectivity index (χ0v) is 11.3. The molecule has 1 unspecified atom stereocenters. The molecule has 1 rings (SSSR count). The van der Waals surface area contributed by atoms with E-state index in [2.05, 4.69) is 0 Å². The number of carbonyl (C=O) groups is 2. The second-order valence-corrected chi connectivity index (χ2v) is 4.86. The van der Waals surface area contributed by atoms with Crippen LogP contribution in [0.15, 0.2) is 24.3 Å². The van der Waals surface area contributed by atoms with Gasteiger partial charge in [0.05, 0.1) is 12.5 Å². The maximum absolute atomic E-state index is 11.0. The summed E-state index contributed by atoms with van der Waals surface area (Å²) in [5.41, 5.74) is 7.38. The molecule has 0 spiro atoms. The van der Waals surface area contributed by atoms with E-state index in [1.165, 1.54) is 0 Å². The van der Waals surface area contributed by atoms with Crippen molar-refractivity contribution >= 4 is 11.9 Å². The number of primary amides is 1. The van der Waals surface area contributed by atoms with E-state index in [0.29, 0.717) is 13.1 Å². The number of rotatable bonds is 7. The summed E-state index contributed by atoms with van der Waals surface area (Å²) in [6.45, 7) is 4.49. The van der Waals surface area contributed by atoms with Gasteiger partial charge in [0.1, 0.15) is 0 Å². The van der Waals surface area contributed by atoms with Crippen LogP contribution in [0.4, 0.5) is 0 Å². The normalized spacial score (nSPS) is 12.4. The van der Waals surface area contributed by atoms with Crippen molar-refractivity contribution in [2.24, 2.45) is 11.7 Å². The first-order valence-electron chi connectivity index (χ1n) is 6.17. The van der Waals surface area contributed by atoms with Gasteiger partial charge in [-0.25, -0.2) is 0 Å². The Hall–Kier alpha value is -1.88. The van der Waals surface area contributed by atoms with Crippen molar-refractivity contribution in [3.8, 4) is 0 Å². The van der Waals surface area contributed by atoms with Gasteiger partial charge in [0.25, 0.3) is 0 Å². The van der Waals surface area contributed by atoms with Crippen LogP contribution in [0.2, 0.25) is 0 Å². The van der Waals surface area contributed by atoms with Crippen molar-refractivity contribution in [3.63, 3.8) is 0 Å². The van der Waals surface area contributed by atoms with E-state index in [0.717, 1.165) is 11.1 Å². The van der Waals surface area contributed by atoms with E-state index in [-0.39, 0.29) is 6.54 Å². The van der Waals surface area contributed by atoms with E-state index in [1.807, 2.05) is 31.2 Å². The number of hydrogen-bond acceptors (Lipinski definition) is 3. The molecule has 0 aromatic heterocycles. The summed E-state index contributed by atoms with van der Waals surface area (Å²) < 4.78 is 0. The molecule has 0 fully saturated rings. The van der Waals surface area contributed by atoms with E-state index in [9.17, 15) is 9.59 Å². The SMILES string of the molecule is Cc1ccc(CN(CC(N)=O)CC(C)C(=O)O)cc1. The predicted molar refractivity (Wildman–Crippen MR) is 72.5 cm³/mol. The Kier molecular flexibility index (Phi) is 5.51. The molecule has 0 aliphatic carbocycles. The lowest BCUT2D eigenvalue weighted by atomic mass is 10.1. The zero-order chi connectivity index (χ0) is 14.4. The van der Waals surface area contributed by atoms with Crippen LogP contribution in [0.25, 0.3) is 0 Å². The molecule has 5 heteroatoms. The van der Waals surface area contributed by atoms with Gasteiger partial charge >= 0.3 is 5.97 Å². The highest BCUT2D eigenvalue weighted by molar-refractivity contribution is 5.76. The Morgan fingerprint density at radius 2 is 1.89 bits per heavy atom. The molecule has 0 radical (unpaired) electrons. The lowest BCUT2D eigenvalue weighted by molar-refractivity contribution is -0.142. The van der Waals surface area contributed by atoms with Gasteiger partial charge in [0.2, 0.25) is 5.91 Å². The number of benzene rings is 1. The quantitative estimate of drug-likeness (QED) is 0.769. The summed E-state index contributed by atoms with van der Waals surface area (Å²) in [7, 11) is 0. The van der Waals surface area contributed by atoms with Crippen molar-refractivity contribution in [1.29, 1.82) is 0 Å². The number of aryl methyl sites for hydroxylation is 1. The molecule has 0 saturated heterocycles. The molecule has 19 heavy (non-hydrogen) atoms. The molecule has 0 aliphatic rings. The predicted octanol–water partition coefficient (Wildman–Crippen LogP) is 1.00. The number of hydrogen-bond donors (Lipinski definition) is 2. The molecule has 0 saturated carbocycles. The third-order valence-electron chi connectivity index (χ3n) is 2.86. The van der Waals surface area contributed by atoms with Crippen LogP contribution in [-0.4, -0.2) is 35.0 Å². The van der Waals surface area contributed by atoms with Crippen LogP contribution in [0.3, 0.4) is 0 Å². The minimum Gasteiger partial charge on any atom is -0.481 e. The largest absolute Gasteiger partial charge is 0.481 e. The van der Waals surface area contributed by atoms with Gasteiger partial charge in [0.15, 0.2) is 0 Å². The number of carbonyl (C=O) groups excluding carboxylic acids is 1. The fourth-order valence-corrected chi connectivity index (χ4v) is 1.82. The number of amides is 1. The first-order chi connectivity index (χ1) is 8.88. The van der Waals surface area contributed by atoms with E-state index >= 15 is 0 Å². The lowest BCUT2D eigenvalue weighted by Crippen LogP contribution is -2.37. The third kappa shape index (κ3) is 5.52. The topological polar surface area (TPSA) is 83.6 Å². The van der Waals surface area contributed by atoms with Crippen molar-refractivity contribution in [2.75, 3.05) is 13.1 Å². The smallest absolute Gasteiger partial charge is 0.307 e. The van der Waals surface area contributed by atoms with E-state index in [1.54, 1.807) is 11.8 Å². The summed E-state index contributed by atoms with van der Waals surface area (Å²) in [5.74, 6) is -1.87. The first-order valence-corrected chi connectivity index (χ1v) is 6.17. The summed E-state index contributed by atoms with van der Waals surface area (Å²) in [6.07, 6.45) is 0. The second-order valence-electron chi connectivity index (χ2n) is 4.86. The average Bonchev–Trinajstić information content (AvgIpc) is 2.31. The average molecular weight is 264 g/mol. The molecular formula is C14H20N2O3. The standard InChI is InChI=1S/C14H20N2O3/c1-10-3-5-12(6-4-10)8-16(9-13(15)17)7-11(2)14(18)19/h3-6,11H,7-9H2,1-2H3,(H2,15,17)(H,18,19). The van der Waals surface area contributed by atoms with E-state index in [4.69, 9.17) is 10.8 Å². The Morgan fingerprint density at radius 3 is 2.37 bits per heavy atom. The summed E-state index contributed by atoms with van der Waals surface area (Å²) in [4.78, 5) is 23.7.